The molecule has 0 unspecified atom stereocenters. The van der Waals surface area contributed by atoms with Gasteiger partial charge in [0.25, 0.3) is 5.56 Å². The Morgan fingerprint density at radius 2 is 1.94 bits per heavy atom. The number of halogens is 1. The van der Waals surface area contributed by atoms with Crippen LogP contribution >= 0.6 is 11.8 Å². The van der Waals surface area contributed by atoms with Crippen molar-refractivity contribution in [3.63, 3.8) is 0 Å². The smallest absolute Gasteiger partial charge is 0.297 e. The average molecular weight is 439 g/mol. The lowest BCUT2D eigenvalue weighted by Crippen LogP contribution is -2.22. The summed E-state index contributed by atoms with van der Waals surface area (Å²) in [4.78, 5) is 25.4. The average Bonchev–Trinajstić information content (AvgIpc) is 3.29. The Balaban J connectivity index is 1.58. The highest BCUT2D eigenvalue weighted by molar-refractivity contribution is 7.99. The lowest BCUT2D eigenvalue weighted by atomic mass is 10.3. The molecule has 0 saturated heterocycles. The molecular formula is C20H18FN7O2S. The highest BCUT2D eigenvalue weighted by atomic mass is 32.2. The number of benzene rings is 2. The molecule has 0 aliphatic carbocycles. The number of carbonyl (C=O) groups is 1. The first-order valence-corrected chi connectivity index (χ1v) is 10.3. The number of hydrogen-bond acceptors (Lipinski definition) is 6. The maximum absolute atomic E-state index is 13.3. The Bertz CT molecular complexity index is 1300. The van der Waals surface area contributed by atoms with E-state index in [4.69, 9.17) is 0 Å². The minimum absolute atomic E-state index is 0.0182. The molecule has 0 bridgehead atoms. The van der Waals surface area contributed by atoms with Crippen LogP contribution in [0.4, 0.5) is 10.1 Å². The number of aromatic nitrogens is 6. The van der Waals surface area contributed by atoms with Gasteiger partial charge in [0.1, 0.15) is 5.82 Å². The molecule has 2 heterocycles. The molecule has 0 radical (unpaired) electrons. The van der Waals surface area contributed by atoms with Crippen LogP contribution in [0.15, 0.2) is 64.5 Å². The lowest BCUT2D eigenvalue weighted by Gasteiger charge is -2.07. The van der Waals surface area contributed by atoms with Gasteiger partial charge in [-0.2, -0.15) is 4.68 Å². The van der Waals surface area contributed by atoms with Gasteiger partial charge >= 0.3 is 0 Å². The van der Waals surface area contributed by atoms with Gasteiger partial charge in [-0.15, -0.1) is 5.10 Å². The lowest BCUT2D eigenvalue weighted by molar-refractivity contribution is -0.113. The summed E-state index contributed by atoms with van der Waals surface area (Å²) in [6, 6.07) is 14.8. The van der Waals surface area contributed by atoms with Crippen LogP contribution in [0.25, 0.3) is 11.4 Å². The molecular weight excluding hydrogens is 421 g/mol. The normalized spacial score (nSPS) is 10.9. The molecule has 0 atom stereocenters. The van der Waals surface area contributed by atoms with Gasteiger partial charge in [-0.05, 0) is 47.7 Å². The van der Waals surface area contributed by atoms with Crippen molar-refractivity contribution in [2.45, 2.75) is 12.1 Å². The molecule has 11 heteroatoms. The predicted molar refractivity (Wildman–Crippen MR) is 114 cm³/mol. The Morgan fingerprint density at radius 3 is 2.68 bits per heavy atom. The molecule has 0 saturated carbocycles. The molecule has 9 nitrogen and oxygen atoms in total. The zero-order chi connectivity index (χ0) is 22.0. The third-order valence-corrected chi connectivity index (χ3v) is 5.54. The summed E-state index contributed by atoms with van der Waals surface area (Å²) >= 11 is 1.07. The topological polar surface area (TPSA) is 99.6 Å². The number of nitrogens with one attached hydrogen (secondary N) is 1. The highest BCUT2D eigenvalue weighted by Gasteiger charge is 2.22. The fourth-order valence-corrected chi connectivity index (χ4v) is 3.78. The molecule has 4 rings (SSSR count). The van der Waals surface area contributed by atoms with Crippen molar-refractivity contribution in [1.29, 1.82) is 0 Å². The van der Waals surface area contributed by atoms with E-state index in [0.717, 1.165) is 11.8 Å². The molecule has 1 N–H and O–H groups in total. The van der Waals surface area contributed by atoms with Crippen molar-refractivity contribution in [2.75, 3.05) is 11.1 Å². The molecule has 0 aliphatic heterocycles. The van der Waals surface area contributed by atoms with Gasteiger partial charge in [-0.25, -0.2) is 9.07 Å². The predicted octanol–water partition coefficient (Wildman–Crippen LogP) is 2.33. The number of nitrogens with zero attached hydrogens (tertiary/aromatic N) is 6. The summed E-state index contributed by atoms with van der Waals surface area (Å²) < 4.78 is 17.9. The number of amides is 1. The number of anilines is 1. The Morgan fingerprint density at radius 1 is 1.16 bits per heavy atom. The van der Waals surface area contributed by atoms with Crippen molar-refractivity contribution in [3.05, 3.63) is 76.5 Å². The van der Waals surface area contributed by atoms with Gasteiger partial charge in [-0.3, -0.25) is 14.3 Å². The second-order valence-corrected chi connectivity index (χ2v) is 7.57. The third kappa shape index (κ3) is 4.12. The van der Waals surface area contributed by atoms with Crippen LogP contribution in [0.1, 0.15) is 5.69 Å². The van der Waals surface area contributed by atoms with Gasteiger partial charge in [-0.1, -0.05) is 36.0 Å². The highest BCUT2D eigenvalue weighted by Crippen LogP contribution is 2.20. The first-order chi connectivity index (χ1) is 15.0. The SMILES string of the molecule is Cc1c(-n2nnnc2SCC(=O)Nc2cccc(F)c2)c(=O)n(-c2ccccc2)n1C. The summed E-state index contributed by atoms with van der Waals surface area (Å²) in [6.07, 6.45) is 0. The summed E-state index contributed by atoms with van der Waals surface area (Å²) in [5.41, 5.74) is 1.73. The van der Waals surface area contributed by atoms with E-state index in [2.05, 4.69) is 20.8 Å². The number of thioether (sulfide) groups is 1. The summed E-state index contributed by atoms with van der Waals surface area (Å²) in [7, 11) is 1.77. The molecule has 1 amide bonds. The monoisotopic (exact) mass is 439 g/mol. The van der Waals surface area contributed by atoms with E-state index < -0.39 is 5.82 Å². The van der Waals surface area contributed by atoms with E-state index in [1.165, 1.54) is 27.6 Å². The summed E-state index contributed by atoms with van der Waals surface area (Å²) in [5.74, 6) is -0.810. The summed E-state index contributed by atoms with van der Waals surface area (Å²) in [6.45, 7) is 1.79. The fourth-order valence-electron chi connectivity index (χ4n) is 3.10. The third-order valence-electron chi connectivity index (χ3n) is 4.62. The van der Waals surface area contributed by atoms with Crippen LogP contribution in [-0.2, 0) is 11.8 Å². The van der Waals surface area contributed by atoms with Crippen molar-refractivity contribution in [3.8, 4) is 11.4 Å². The molecule has 2 aromatic heterocycles. The van der Waals surface area contributed by atoms with Crippen LogP contribution in [-0.4, -0.2) is 41.2 Å². The maximum Gasteiger partial charge on any atom is 0.297 e. The van der Waals surface area contributed by atoms with Gasteiger partial charge in [0.2, 0.25) is 11.1 Å². The van der Waals surface area contributed by atoms with Gasteiger partial charge < -0.3 is 5.32 Å². The maximum atomic E-state index is 13.3. The van der Waals surface area contributed by atoms with Crippen LogP contribution in [0.5, 0.6) is 0 Å². The van der Waals surface area contributed by atoms with E-state index >= 15 is 0 Å². The molecule has 0 spiro atoms. The number of rotatable bonds is 6. The van der Waals surface area contributed by atoms with Crippen LogP contribution < -0.4 is 10.9 Å². The standard InChI is InChI=1S/C20H18FN7O2S/c1-13-18(19(30)28(26(13)2)16-9-4-3-5-10-16)27-20(23-24-25-27)31-12-17(29)22-15-8-6-7-14(21)11-15/h3-11H,12H2,1-2H3,(H,22,29). The zero-order valence-electron chi connectivity index (χ0n) is 16.7. The zero-order valence-corrected chi connectivity index (χ0v) is 17.5. The van der Waals surface area contributed by atoms with Crippen molar-refractivity contribution >= 4 is 23.4 Å². The first kappa shape index (κ1) is 20.5. The quantitative estimate of drug-likeness (QED) is 0.463. The van der Waals surface area contributed by atoms with Gasteiger partial charge in [0.05, 0.1) is 17.1 Å². The largest absolute Gasteiger partial charge is 0.325 e. The van der Waals surface area contributed by atoms with Gasteiger partial charge in [0, 0.05) is 12.7 Å². The minimum Gasteiger partial charge on any atom is -0.325 e. The second-order valence-electron chi connectivity index (χ2n) is 6.63. The number of tetrazole rings is 1. The van der Waals surface area contributed by atoms with Crippen molar-refractivity contribution in [2.24, 2.45) is 7.05 Å². The Hall–Kier alpha value is -3.73. The minimum atomic E-state index is -0.441. The fraction of sp³-hybridized carbons (Fsp3) is 0.150. The van der Waals surface area contributed by atoms with Crippen LogP contribution in [0, 0.1) is 12.7 Å². The van der Waals surface area contributed by atoms with E-state index in [-0.39, 0.29) is 17.2 Å². The van der Waals surface area contributed by atoms with E-state index in [1.54, 1.807) is 24.7 Å². The molecule has 31 heavy (non-hydrogen) atoms. The molecule has 0 fully saturated rings. The first-order valence-electron chi connectivity index (χ1n) is 9.26. The van der Waals surface area contributed by atoms with Crippen molar-refractivity contribution in [1.82, 2.24) is 29.6 Å². The second kappa shape index (κ2) is 8.56. The van der Waals surface area contributed by atoms with Gasteiger partial charge in [0.15, 0.2) is 5.69 Å². The van der Waals surface area contributed by atoms with Crippen LogP contribution in [0.3, 0.4) is 0 Å². The molecule has 0 aliphatic rings. The Kier molecular flexibility index (Phi) is 5.67. The number of hydrogen-bond donors (Lipinski definition) is 1. The molecule has 158 valence electrons. The number of carbonyl (C=O) groups excluding carboxylic acids is 1. The van der Waals surface area contributed by atoms with E-state index in [9.17, 15) is 14.0 Å². The summed E-state index contributed by atoms with van der Waals surface area (Å²) in [5, 5.41) is 14.5. The Labute approximate surface area is 180 Å². The molecule has 4 aromatic rings. The van der Waals surface area contributed by atoms with Crippen molar-refractivity contribution < 1.29 is 9.18 Å². The van der Waals surface area contributed by atoms with E-state index in [1.807, 2.05) is 30.3 Å². The van der Waals surface area contributed by atoms with Crippen LogP contribution in [0.2, 0.25) is 0 Å². The number of para-hydroxylation sites is 1. The van der Waals surface area contributed by atoms with E-state index in [0.29, 0.717) is 27.9 Å². The molecule has 2 aromatic carbocycles.